The highest BCUT2D eigenvalue weighted by molar-refractivity contribution is 5.89. The van der Waals surface area contributed by atoms with Crippen molar-refractivity contribution in [1.29, 1.82) is 0 Å². The van der Waals surface area contributed by atoms with E-state index < -0.39 is 5.97 Å². The molecule has 0 spiro atoms. The van der Waals surface area contributed by atoms with Gasteiger partial charge in [-0.2, -0.15) is 10.1 Å². The molecular formula is C20H22N4O3. The van der Waals surface area contributed by atoms with E-state index in [4.69, 9.17) is 9.26 Å². The minimum absolute atomic E-state index is 0.0447. The van der Waals surface area contributed by atoms with Crippen LogP contribution in [-0.2, 0) is 30.6 Å². The zero-order valence-corrected chi connectivity index (χ0v) is 15.5. The van der Waals surface area contributed by atoms with Crippen molar-refractivity contribution in [3.63, 3.8) is 0 Å². The van der Waals surface area contributed by atoms with Crippen molar-refractivity contribution >= 4 is 5.97 Å². The van der Waals surface area contributed by atoms with Gasteiger partial charge in [0.05, 0.1) is 5.69 Å². The molecular weight excluding hydrogens is 344 g/mol. The lowest BCUT2D eigenvalue weighted by atomic mass is 10.1. The summed E-state index contributed by atoms with van der Waals surface area (Å²) in [6, 6.07) is 9.84. The molecule has 0 bridgehead atoms. The molecule has 0 saturated carbocycles. The van der Waals surface area contributed by atoms with Gasteiger partial charge < -0.3 is 9.26 Å². The normalized spacial score (nSPS) is 13.1. The second-order valence-corrected chi connectivity index (χ2v) is 7.15. The number of rotatable bonds is 6. The number of carbonyl (C=O) groups is 1. The summed E-state index contributed by atoms with van der Waals surface area (Å²) in [5.74, 6) is 0.914. The number of fused-ring (bicyclic) bond motifs is 1. The van der Waals surface area contributed by atoms with E-state index in [1.807, 2.05) is 35.0 Å². The average molecular weight is 366 g/mol. The lowest BCUT2D eigenvalue weighted by Crippen LogP contribution is -2.09. The van der Waals surface area contributed by atoms with Crippen molar-refractivity contribution in [2.45, 2.75) is 46.1 Å². The zero-order chi connectivity index (χ0) is 18.8. The minimum Gasteiger partial charge on any atom is -0.451 e. The van der Waals surface area contributed by atoms with Gasteiger partial charge in [-0.3, -0.25) is 0 Å². The molecule has 2 aromatic heterocycles. The van der Waals surface area contributed by atoms with Gasteiger partial charge in [-0.15, -0.1) is 0 Å². The summed E-state index contributed by atoms with van der Waals surface area (Å²) in [4.78, 5) is 16.9. The third-order valence-corrected chi connectivity index (χ3v) is 4.55. The second-order valence-electron chi connectivity index (χ2n) is 7.15. The number of benzene rings is 1. The molecule has 2 heterocycles. The summed E-state index contributed by atoms with van der Waals surface area (Å²) < 4.78 is 12.4. The smallest absolute Gasteiger partial charge is 0.359 e. The molecule has 7 nitrogen and oxygen atoms in total. The first-order chi connectivity index (χ1) is 13.1. The van der Waals surface area contributed by atoms with E-state index in [0.29, 0.717) is 23.3 Å². The molecule has 0 fully saturated rings. The fraction of sp³-hybridized carbons (Fsp3) is 0.400. The van der Waals surface area contributed by atoms with Gasteiger partial charge in [0.15, 0.2) is 18.1 Å². The highest BCUT2D eigenvalue weighted by Crippen LogP contribution is 2.28. The Morgan fingerprint density at radius 2 is 2.07 bits per heavy atom. The molecule has 1 aliphatic rings. The van der Waals surface area contributed by atoms with Crippen LogP contribution in [0.5, 0.6) is 0 Å². The van der Waals surface area contributed by atoms with E-state index in [9.17, 15) is 4.79 Å². The lowest BCUT2D eigenvalue weighted by molar-refractivity contribution is 0.0421. The molecule has 0 saturated heterocycles. The summed E-state index contributed by atoms with van der Waals surface area (Å²) in [5.41, 5.74) is 3.40. The van der Waals surface area contributed by atoms with E-state index in [1.165, 1.54) is 0 Å². The predicted molar refractivity (Wildman–Crippen MR) is 97.5 cm³/mol. The van der Waals surface area contributed by atoms with Crippen LogP contribution >= 0.6 is 0 Å². The van der Waals surface area contributed by atoms with Crippen molar-refractivity contribution in [3.05, 3.63) is 59.0 Å². The maximum Gasteiger partial charge on any atom is 0.359 e. The molecule has 0 unspecified atom stereocenters. The largest absolute Gasteiger partial charge is 0.451 e. The van der Waals surface area contributed by atoms with Crippen LogP contribution in [0, 0.1) is 5.92 Å². The standard InChI is InChI=1S/C20H22N4O3/c1-13(2)11-17-21-18(27-23-17)12-26-20(25)19-15-9-6-10-16(15)24(22-19)14-7-4-3-5-8-14/h3-5,7-8,13H,6,9-12H2,1-2H3. The summed E-state index contributed by atoms with van der Waals surface area (Å²) >= 11 is 0. The summed E-state index contributed by atoms with van der Waals surface area (Å²) in [5, 5.41) is 8.45. The maximum atomic E-state index is 12.6. The molecule has 1 aromatic carbocycles. The Morgan fingerprint density at radius 1 is 1.26 bits per heavy atom. The van der Waals surface area contributed by atoms with Gasteiger partial charge in [-0.1, -0.05) is 37.2 Å². The van der Waals surface area contributed by atoms with Crippen LogP contribution in [0.15, 0.2) is 34.9 Å². The molecule has 4 rings (SSSR count). The van der Waals surface area contributed by atoms with E-state index in [0.717, 1.165) is 42.6 Å². The van der Waals surface area contributed by atoms with E-state index in [1.54, 1.807) is 0 Å². The summed E-state index contributed by atoms with van der Waals surface area (Å²) in [6.07, 6.45) is 3.49. The van der Waals surface area contributed by atoms with Crippen LogP contribution in [0.25, 0.3) is 5.69 Å². The third-order valence-electron chi connectivity index (χ3n) is 4.55. The Hall–Kier alpha value is -2.96. The molecule has 0 aliphatic heterocycles. The Kier molecular flexibility index (Phi) is 4.75. The first-order valence-electron chi connectivity index (χ1n) is 9.26. The number of hydrogen-bond donors (Lipinski definition) is 0. The van der Waals surface area contributed by atoms with Gasteiger partial charge in [0.2, 0.25) is 0 Å². The summed E-state index contributed by atoms with van der Waals surface area (Å²) in [6.45, 7) is 4.12. The van der Waals surface area contributed by atoms with Crippen molar-refractivity contribution in [2.24, 2.45) is 5.92 Å². The first kappa shape index (κ1) is 17.5. The molecule has 3 aromatic rings. The number of aromatic nitrogens is 4. The molecule has 27 heavy (non-hydrogen) atoms. The molecule has 0 amide bonds. The van der Waals surface area contributed by atoms with E-state index >= 15 is 0 Å². The van der Waals surface area contributed by atoms with Crippen molar-refractivity contribution < 1.29 is 14.1 Å². The number of ether oxygens (including phenoxy) is 1. The topological polar surface area (TPSA) is 83.0 Å². The maximum absolute atomic E-state index is 12.6. The van der Waals surface area contributed by atoms with E-state index in [-0.39, 0.29) is 6.61 Å². The molecule has 0 radical (unpaired) electrons. The zero-order valence-electron chi connectivity index (χ0n) is 15.5. The van der Waals surface area contributed by atoms with Crippen molar-refractivity contribution in [3.8, 4) is 5.69 Å². The quantitative estimate of drug-likeness (QED) is 0.623. The van der Waals surface area contributed by atoms with Crippen LogP contribution in [0.4, 0.5) is 0 Å². The lowest BCUT2D eigenvalue weighted by Gasteiger charge is -2.04. The summed E-state index contributed by atoms with van der Waals surface area (Å²) in [7, 11) is 0. The van der Waals surface area contributed by atoms with Crippen LogP contribution in [-0.4, -0.2) is 25.9 Å². The number of esters is 1. The Bertz CT molecular complexity index is 944. The molecule has 0 N–H and O–H groups in total. The van der Waals surface area contributed by atoms with Crippen molar-refractivity contribution in [1.82, 2.24) is 19.9 Å². The van der Waals surface area contributed by atoms with Crippen LogP contribution in [0.1, 0.15) is 53.7 Å². The van der Waals surface area contributed by atoms with Crippen LogP contribution in [0.3, 0.4) is 0 Å². The van der Waals surface area contributed by atoms with Crippen LogP contribution < -0.4 is 0 Å². The monoisotopic (exact) mass is 366 g/mol. The van der Waals surface area contributed by atoms with E-state index in [2.05, 4.69) is 29.1 Å². The van der Waals surface area contributed by atoms with Gasteiger partial charge >= 0.3 is 5.97 Å². The SMILES string of the molecule is CC(C)Cc1noc(COC(=O)c2nn(-c3ccccc3)c3c2CCC3)n1. The number of para-hydroxylation sites is 1. The van der Waals surface area contributed by atoms with Crippen LogP contribution in [0.2, 0.25) is 0 Å². The average Bonchev–Trinajstić information content (AvgIpc) is 3.36. The van der Waals surface area contributed by atoms with Gasteiger partial charge in [-0.25, -0.2) is 9.48 Å². The Labute approximate surface area is 157 Å². The highest BCUT2D eigenvalue weighted by Gasteiger charge is 2.28. The number of carbonyl (C=O) groups excluding carboxylic acids is 1. The molecule has 1 aliphatic carbocycles. The minimum atomic E-state index is -0.452. The van der Waals surface area contributed by atoms with Gasteiger partial charge in [-0.05, 0) is 37.3 Å². The van der Waals surface area contributed by atoms with Gasteiger partial charge in [0.25, 0.3) is 5.89 Å². The highest BCUT2D eigenvalue weighted by atomic mass is 16.6. The molecule has 0 atom stereocenters. The van der Waals surface area contributed by atoms with Gasteiger partial charge in [0, 0.05) is 17.7 Å². The molecule has 7 heteroatoms. The number of nitrogens with zero attached hydrogens (tertiary/aromatic N) is 4. The van der Waals surface area contributed by atoms with Gasteiger partial charge in [0.1, 0.15) is 0 Å². The molecule has 140 valence electrons. The predicted octanol–water partition coefficient (Wildman–Crippen LogP) is 3.30. The fourth-order valence-electron chi connectivity index (χ4n) is 3.38. The second kappa shape index (κ2) is 7.34. The number of hydrogen-bond acceptors (Lipinski definition) is 6. The Morgan fingerprint density at radius 3 is 2.85 bits per heavy atom. The van der Waals surface area contributed by atoms with Crippen molar-refractivity contribution in [2.75, 3.05) is 0 Å². The third kappa shape index (κ3) is 3.63. The first-order valence-corrected chi connectivity index (χ1v) is 9.26. The Balaban J connectivity index is 1.50. The fourth-order valence-corrected chi connectivity index (χ4v) is 3.38.